The zero-order chi connectivity index (χ0) is 13.5. The minimum absolute atomic E-state index is 0.0937. The van der Waals surface area contributed by atoms with Crippen molar-refractivity contribution in [3.8, 4) is 0 Å². The van der Waals surface area contributed by atoms with E-state index in [1.165, 1.54) is 19.4 Å². The fraction of sp³-hybridized carbons (Fsp3) is 0.929. The first kappa shape index (κ1) is 13.3. The molecule has 0 radical (unpaired) electrons. The van der Waals surface area contributed by atoms with Crippen molar-refractivity contribution in [1.82, 2.24) is 14.7 Å². The molecule has 0 aliphatic carbocycles. The van der Waals surface area contributed by atoms with E-state index in [4.69, 9.17) is 0 Å². The lowest BCUT2D eigenvalue weighted by atomic mass is 9.83. The molecule has 19 heavy (non-hydrogen) atoms. The normalized spacial score (nSPS) is 37.6. The summed E-state index contributed by atoms with van der Waals surface area (Å²) in [6, 6.07) is 0.479. The Kier molecular flexibility index (Phi) is 3.53. The number of nitrogens with zero attached hydrogens (tertiary/aromatic N) is 3. The molecule has 2 unspecified atom stereocenters. The molecule has 2 atom stereocenters. The van der Waals surface area contributed by atoms with Gasteiger partial charge in [0.2, 0.25) is 0 Å². The molecular weight excluding hydrogens is 242 g/mol. The second-order valence-electron chi connectivity index (χ2n) is 6.41. The van der Waals surface area contributed by atoms with Crippen LogP contribution in [0.4, 0.5) is 0 Å². The van der Waals surface area contributed by atoms with E-state index in [1.54, 1.807) is 0 Å². The number of carboxylic acid groups (broad SMARTS) is 1. The zero-order valence-electron chi connectivity index (χ0n) is 11.8. The third-order valence-electron chi connectivity index (χ3n) is 5.41. The molecule has 3 fully saturated rings. The molecular formula is C14H25N3O2. The van der Waals surface area contributed by atoms with Gasteiger partial charge in [0.15, 0.2) is 0 Å². The monoisotopic (exact) mass is 267 g/mol. The average Bonchev–Trinajstić information content (AvgIpc) is 2.94. The third-order valence-corrected chi connectivity index (χ3v) is 5.41. The van der Waals surface area contributed by atoms with Crippen LogP contribution in [0.2, 0.25) is 0 Å². The molecule has 0 aromatic heterocycles. The van der Waals surface area contributed by atoms with Gasteiger partial charge in [0.05, 0.1) is 6.42 Å². The Balaban J connectivity index is 1.82. The molecule has 5 nitrogen and oxygen atoms in total. The summed E-state index contributed by atoms with van der Waals surface area (Å²) >= 11 is 0. The summed E-state index contributed by atoms with van der Waals surface area (Å²) in [5.74, 6) is -0.632. The van der Waals surface area contributed by atoms with Crippen LogP contribution < -0.4 is 0 Å². The molecule has 0 amide bonds. The van der Waals surface area contributed by atoms with Gasteiger partial charge >= 0.3 is 5.97 Å². The molecule has 0 aromatic rings. The average molecular weight is 267 g/mol. The van der Waals surface area contributed by atoms with E-state index in [9.17, 15) is 9.90 Å². The van der Waals surface area contributed by atoms with E-state index >= 15 is 0 Å². The van der Waals surface area contributed by atoms with Crippen molar-refractivity contribution < 1.29 is 9.90 Å². The summed E-state index contributed by atoms with van der Waals surface area (Å²) in [4.78, 5) is 18.8. The Morgan fingerprint density at radius 2 is 1.95 bits per heavy atom. The Hall–Kier alpha value is -0.650. The van der Waals surface area contributed by atoms with Gasteiger partial charge in [0, 0.05) is 44.3 Å². The van der Waals surface area contributed by atoms with Crippen LogP contribution in [0.15, 0.2) is 0 Å². The minimum Gasteiger partial charge on any atom is -0.481 e. The summed E-state index contributed by atoms with van der Waals surface area (Å²) in [5, 5.41) is 9.39. The molecule has 3 aliphatic heterocycles. The summed E-state index contributed by atoms with van der Waals surface area (Å²) in [5.41, 5.74) is -0.0937. The molecule has 5 heteroatoms. The lowest BCUT2D eigenvalue weighted by Gasteiger charge is -2.47. The summed E-state index contributed by atoms with van der Waals surface area (Å²) in [6.45, 7) is 6.43. The van der Waals surface area contributed by atoms with E-state index in [-0.39, 0.29) is 5.54 Å². The zero-order valence-corrected chi connectivity index (χ0v) is 11.8. The number of carboxylic acids is 1. The number of piperazine rings is 1. The molecule has 3 saturated heterocycles. The molecule has 108 valence electrons. The van der Waals surface area contributed by atoms with E-state index in [2.05, 4.69) is 21.7 Å². The highest BCUT2D eigenvalue weighted by molar-refractivity contribution is 5.68. The van der Waals surface area contributed by atoms with Crippen molar-refractivity contribution in [2.24, 2.45) is 0 Å². The van der Waals surface area contributed by atoms with Crippen molar-refractivity contribution in [3.05, 3.63) is 0 Å². The summed E-state index contributed by atoms with van der Waals surface area (Å²) in [7, 11) is 2.15. The Bertz CT molecular complexity index is 355. The largest absolute Gasteiger partial charge is 0.481 e. The van der Waals surface area contributed by atoms with Gasteiger partial charge in [-0.3, -0.25) is 14.6 Å². The maximum absolute atomic E-state index is 11.4. The number of likely N-dealkylation sites (N-methyl/N-ethyl adjacent to an activating group) is 1. The van der Waals surface area contributed by atoms with E-state index < -0.39 is 5.97 Å². The molecule has 1 N–H and O–H groups in total. The first-order chi connectivity index (χ1) is 9.12. The first-order valence-electron chi connectivity index (χ1n) is 7.51. The molecule has 3 rings (SSSR count). The fourth-order valence-corrected chi connectivity index (χ4v) is 4.41. The maximum atomic E-state index is 11.4. The van der Waals surface area contributed by atoms with Crippen LogP contribution in [0.1, 0.15) is 25.7 Å². The number of aliphatic carboxylic acids is 1. The van der Waals surface area contributed by atoms with Gasteiger partial charge in [-0.25, -0.2) is 0 Å². The second kappa shape index (κ2) is 5.04. The topological polar surface area (TPSA) is 47.0 Å². The summed E-state index contributed by atoms with van der Waals surface area (Å²) in [6.07, 6.45) is 3.77. The van der Waals surface area contributed by atoms with Crippen LogP contribution in [0.25, 0.3) is 0 Å². The van der Waals surface area contributed by atoms with Crippen molar-refractivity contribution in [3.63, 3.8) is 0 Å². The highest BCUT2D eigenvalue weighted by Gasteiger charge is 2.53. The van der Waals surface area contributed by atoms with Gasteiger partial charge in [-0.15, -0.1) is 0 Å². The van der Waals surface area contributed by atoms with Gasteiger partial charge < -0.3 is 10.0 Å². The number of fused-ring (bicyclic) bond motifs is 1. The first-order valence-corrected chi connectivity index (χ1v) is 7.51. The molecule has 0 spiro atoms. The minimum atomic E-state index is -0.632. The second-order valence-corrected chi connectivity index (χ2v) is 6.41. The van der Waals surface area contributed by atoms with Gasteiger partial charge in [0.25, 0.3) is 0 Å². The molecule has 0 bridgehead atoms. The quantitative estimate of drug-likeness (QED) is 0.798. The fourth-order valence-electron chi connectivity index (χ4n) is 4.41. The van der Waals surface area contributed by atoms with Gasteiger partial charge in [-0.2, -0.15) is 0 Å². The van der Waals surface area contributed by atoms with Crippen molar-refractivity contribution in [1.29, 1.82) is 0 Å². The van der Waals surface area contributed by atoms with Crippen LogP contribution in [0.5, 0.6) is 0 Å². The highest BCUT2D eigenvalue weighted by atomic mass is 16.4. The van der Waals surface area contributed by atoms with E-state index in [0.717, 1.165) is 39.1 Å². The molecule has 3 heterocycles. The Morgan fingerprint density at radius 1 is 1.21 bits per heavy atom. The molecule has 0 aromatic carbocycles. The van der Waals surface area contributed by atoms with Crippen molar-refractivity contribution >= 4 is 5.97 Å². The van der Waals surface area contributed by atoms with Crippen molar-refractivity contribution in [2.45, 2.75) is 37.3 Å². The van der Waals surface area contributed by atoms with Crippen LogP contribution in [0.3, 0.4) is 0 Å². The lowest BCUT2D eigenvalue weighted by Crippen LogP contribution is -2.61. The van der Waals surface area contributed by atoms with Crippen LogP contribution in [-0.4, -0.2) is 83.7 Å². The number of rotatable bonds is 3. The van der Waals surface area contributed by atoms with Crippen molar-refractivity contribution in [2.75, 3.05) is 46.3 Å². The highest BCUT2D eigenvalue weighted by Crippen LogP contribution is 2.42. The molecule has 0 saturated carbocycles. The van der Waals surface area contributed by atoms with Gasteiger partial charge in [-0.1, -0.05) is 0 Å². The number of hydrogen-bond acceptors (Lipinski definition) is 4. The predicted molar refractivity (Wildman–Crippen MR) is 73.3 cm³/mol. The summed E-state index contributed by atoms with van der Waals surface area (Å²) < 4.78 is 0. The van der Waals surface area contributed by atoms with E-state index in [0.29, 0.717) is 12.5 Å². The Labute approximate surface area is 115 Å². The van der Waals surface area contributed by atoms with Crippen LogP contribution >= 0.6 is 0 Å². The smallest absolute Gasteiger partial charge is 0.305 e. The standard InChI is InChI=1S/C14H25N3O2/c1-15-7-9-17(10-8-15)14(11-13(18)19)4-6-16-5-2-3-12(14)16/h12H,2-11H2,1H3,(H,18,19). The Morgan fingerprint density at radius 3 is 2.63 bits per heavy atom. The van der Waals surface area contributed by atoms with Crippen LogP contribution in [0, 0.1) is 0 Å². The van der Waals surface area contributed by atoms with E-state index in [1.807, 2.05) is 0 Å². The maximum Gasteiger partial charge on any atom is 0.305 e. The van der Waals surface area contributed by atoms with Gasteiger partial charge in [-0.05, 0) is 32.9 Å². The number of hydrogen-bond donors (Lipinski definition) is 1. The van der Waals surface area contributed by atoms with Crippen LogP contribution in [-0.2, 0) is 4.79 Å². The third kappa shape index (κ3) is 2.28. The van der Waals surface area contributed by atoms with Gasteiger partial charge in [0.1, 0.15) is 0 Å². The SMILES string of the molecule is CN1CCN(C2(CC(=O)O)CCN3CCCC32)CC1. The predicted octanol–water partition coefficient (Wildman–Crippen LogP) is 0.315. The molecule has 3 aliphatic rings. The lowest BCUT2D eigenvalue weighted by molar-refractivity contribution is -0.141. The number of carbonyl (C=O) groups is 1.